The van der Waals surface area contributed by atoms with E-state index in [0.29, 0.717) is 17.2 Å². The molecule has 0 amide bonds. The van der Waals surface area contributed by atoms with Crippen LogP contribution in [0, 0.1) is 0 Å². The summed E-state index contributed by atoms with van der Waals surface area (Å²) >= 11 is 0. The smallest absolute Gasteiger partial charge is 0.400 e. The molecule has 0 aliphatic heterocycles. The zero-order valence-corrected chi connectivity index (χ0v) is 25.3. The number of rotatable bonds is 8. The van der Waals surface area contributed by atoms with Gasteiger partial charge in [0.2, 0.25) is 5.88 Å². The van der Waals surface area contributed by atoms with Gasteiger partial charge in [-0.1, -0.05) is 45.9 Å². The number of fused-ring (bicyclic) bond motifs is 1. The standard InChI is InChI=1S/C16H15NO3.C14H15NO2.2C2H6/c1-11(2)18-12-7-9-13(10-8-12)19-16-17-14-5-3-4-6-15(14)20-16;1-11(2)16-12-6-8-13(9-7-12)17-14-5-3-4-10-15-14;2*1-2/h3-11H,1-2H3;3-11H,1-2H3;2*1-2H3. The van der Waals surface area contributed by atoms with Crippen LogP contribution in [0.25, 0.3) is 11.1 Å². The third kappa shape index (κ3) is 11.6. The molecular weight excluding hydrogens is 516 g/mol. The molecule has 2 aromatic heterocycles. The van der Waals surface area contributed by atoms with Gasteiger partial charge in [0.05, 0.1) is 12.2 Å². The van der Waals surface area contributed by atoms with Crippen molar-refractivity contribution in [3.8, 4) is 35.0 Å². The van der Waals surface area contributed by atoms with E-state index in [-0.39, 0.29) is 18.3 Å². The van der Waals surface area contributed by atoms with Crippen LogP contribution in [0.5, 0.6) is 35.0 Å². The summed E-state index contributed by atoms with van der Waals surface area (Å²) in [4.78, 5) is 8.35. The fourth-order valence-electron chi connectivity index (χ4n) is 3.24. The lowest BCUT2D eigenvalue weighted by Gasteiger charge is -2.10. The Morgan fingerprint density at radius 3 is 1.54 bits per heavy atom. The number of nitrogens with zero attached hydrogens (tertiary/aromatic N) is 2. The minimum atomic E-state index is 0.152. The van der Waals surface area contributed by atoms with Gasteiger partial charge in [-0.05, 0) is 94.4 Å². The molecule has 0 aliphatic carbocycles. The van der Waals surface area contributed by atoms with Gasteiger partial charge in [-0.2, -0.15) is 4.98 Å². The van der Waals surface area contributed by atoms with Gasteiger partial charge in [0.15, 0.2) is 5.58 Å². The lowest BCUT2D eigenvalue weighted by molar-refractivity contribution is 0.241. The van der Waals surface area contributed by atoms with Crippen molar-refractivity contribution in [2.24, 2.45) is 0 Å². The van der Waals surface area contributed by atoms with Crippen LogP contribution in [0.1, 0.15) is 55.4 Å². The third-order valence-electron chi connectivity index (χ3n) is 4.73. The molecule has 0 aliphatic rings. The number of benzene rings is 3. The van der Waals surface area contributed by atoms with E-state index in [0.717, 1.165) is 22.8 Å². The number of para-hydroxylation sites is 2. The normalized spacial score (nSPS) is 9.90. The van der Waals surface area contributed by atoms with E-state index in [1.54, 1.807) is 6.20 Å². The van der Waals surface area contributed by atoms with Crippen LogP contribution in [0.2, 0.25) is 0 Å². The van der Waals surface area contributed by atoms with Crippen LogP contribution < -0.4 is 18.9 Å². The average Bonchev–Trinajstić information content (AvgIpc) is 3.40. The topological polar surface area (TPSA) is 75.8 Å². The van der Waals surface area contributed by atoms with Crippen LogP contribution >= 0.6 is 0 Å². The Morgan fingerprint density at radius 2 is 1.05 bits per heavy atom. The number of ether oxygens (including phenoxy) is 4. The summed E-state index contributed by atoms with van der Waals surface area (Å²) in [6.45, 7) is 16.0. The Morgan fingerprint density at radius 1 is 0.561 bits per heavy atom. The van der Waals surface area contributed by atoms with Crippen molar-refractivity contribution < 1.29 is 23.4 Å². The predicted molar refractivity (Wildman–Crippen MR) is 166 cm³/mol. The molecule has 0 spiro atoms. The first-order valence-corrected chi connectivity index (χ1v) is 14.1. The molecule has 0 fully saturated rings. The lowest BCUT2D eigenvalue weighted by atomic mass is 10.3. The maximum atomic E-state index is 5.59. The van der Waals surface area contributed by atoms with Crippen molar-refractivity contribution in [1.29, 1.82) is 0 Å². The molecule has 0 bridgehead atoms. The largest absolute Gasteiger partial charge is 0.491 e. The van der Waals surface area contributed by atoms with Crippen molar-refractivity contribution in [2.45, 2.75) is 67.6 Å². The molecule has 5 aromatic rings. The van der Waals surface area contributed by atoms with Crippen LogP contribution in [-0.4, -0.2) is 22.2 Å². The maximum Gasteiger partial charge on any atom is 0.400 e. The second-order valence-electron chi connectivity index (χ2n) is 8.60. The van der Waals surface area contributed by atoms with Gasteiger partial charge in [0, 0.05) is 12.3 Å². The lowest BCUT2D eigenvalue weighted by Crippen LogP contribution is -2.05. The molecule has 2 heterocycles. The van der Waals surface area contributed by atoms with Gasteiger partial charge in [0.1, 0.15) is 28.5 Å². The van der Waals surface area contributed by atoms with E-state index >= 15 is 0 Å². The second-order valence-corrected chi connectivity index (χ2v) is 8.60. The van der Waals surface area contributed by atoms with Gasteiger partial charge in [0.25, 0.3) is 0 Å². The quantitative estimate of drug-likeness (QED) is 0.187. The van der Waals surface area contributed by atoms with Crippen molar-refractivity contribution in [1.82, 2.24) is 9.97 Å². The first-order valence-electron chi connectivity index (χ1n) is 14.1. The first kappa shape index (κ1) is 32.7. The molecule has 3 aromatic carbocycles. The fraction of sp³-hybridized carbons (Fsp3) is 0.294. The van der Waals surface area contributed by atoms with E-state index in [9.17, 15) is 0 Å². The molecule has 0 saturated carbocycles. The summed E-state index contributed by atoms with van der Waals surface area (Å²) in [7, 11) is 0. The second kappa shape index (κ2) is 17.9. The minimum Gasteiger partial charge on any atom is -0.491 e. The SMILES string of the molecule is CC.CC.CC(C)Oc1ccc(Oc2ccccn2)cc1.CC(C)Oc1ccc(Oc2nc3ccccc3o2)cc1. The number of hydrogen-bond donors (Lipinski definition) is 0. The molecule has 5 rings (SSSR count). The molecule has 0 unspecified atom stereocenters. The van der Waals surface area contributed by atoms with Gasteiger partial charge in [-0.15, -0.1) is 0 Å². The van der Waals surface area contributed by atoms with Gasteiger partial charge in [-0.3, -0.25) is 0 Å². The highest BCUT2D eigenvalue weighted by Crippen LogP contribution is 2.27. The van der Waals surface area contributed by atoms with Gasteiger partial charge < -0.3 is 23.4 Å². The van der Waals surface area contributed by atoms with Gasteiger partial charge in [-0.25, -0.2) is 4.98 Å². The Hall–Kier alpha value is -4.52. The van der Waals surface area contributed by atoms with E-state index in [4.69, 9.17) is 23.4 Å². The highest BCUT2D eigenvalue weighted by molar-refractivity contribution is 5.72. The zero-order chi connectivity index (χ0) is 30.0. The molecule has 0 saturated heterocycles. The summed E-state index contributed by atoms with van der Waals surface area (Å²) in [5, 5.41) is 0. The number of aromatic nitrogens is 2. The first-order chi connectivity index (χ1) is 19.9. The van der Waals surface area contributed by atoms with Crippen LogP contribution in [0.4, 0.5) is 0 Å². The number of pyridine rings is 1. The Labute approximate surface area is 244 Å². The summed E-state index contributed by atoms with van der Waals surface area (Å²) in [5.41, 5.74) is 1.49. The van der Waals surface area contributed by atoms with Crippen LogP contribution in [-0.2, 0) is 0 Å². The third-order valence-corrected chi connectivity index (χ3v) is 4.73. The molecular formula is C34H42N2O5. The van der Waals surface area contributed by atoms with E-state index in [1.807, 2.05) is 146 Å². The summed E-state index contributed by atoms with van der Waals surface area (Å²) < 4.78 is 27.8. The molecule has 7 heteroatoms. The maximum absolute atomic E-state index is 5.59. The molecule has 218 valence electrons. The van der Waals surface area contributed by atoms with E-state index < -0.39 is 0 Å². The van der Waals surface area contributed by atoms with Crippen molar-refractivity contribution >= 4 is 11.1 Å². The summed E-state index contributed by atoms with van der Waals surface area (Å²) in [6, 6.07) is 28.0. The molecule has 41 heavy (non-hydrogen) atoms. The fourth-order valence-corrected chi connectivity index (χ4v) is 3.24. The predicted octanol–water partition coefficient (Wildman–Crippen LogP) is 10.1. The van der Waals surface area contributed by atoms with Crippen molar-refractivity contribution in [2.75, 3.05) is 0 Å². The van der Waals surface area contributed by atoms with Crippen LogP contribution in [0.3, 0.4) is 0 Å². The van der Waals surface area contributed by atoms with Gasteiger partial charge >= 0.3 is 6.08 Å². The Bertz CT molecular complexity index is 1330. The molecule has 7 nitrogen and oxygen atoms in total. The minimum absolute atomic E-state index is 0.152. The Kier molecular flexibility index (Phi) is 14.3. The molecule has 0 radical (unpaired) electrons. The summed E-state index contributed by atoms with van der Waals surface area (Å²) in [5.74, 6) is 3.65. The highest BCUT2D eigenvalue weighted by atomic mass is 16.6. The number of oxazole rings is 1. The average molecular weight is 559 g/mol. The zero-order valence-electron chi connectivity index (χ0n) is 25.3. The highest BCUT2D eigenvalue weighted by Gasteiger charge is 2.07. The van der Waals surface area contributed by atoms with E-state index in [2.05, 4.69) is 9.97 Å². The monoisotopic (exact) mass is 558 g/mol. The molecule has 0 atom stereocenters. The van der Waals surface area contributed by atoms with Crippen molar-refractivity contribution in [3.05, 3.63) is 97.2 Å². The summed E-state index contributed by atoms with van der Waals surface area (Å²) in [6.07, 6.45) is 2.27. The van der Waals surface area contributed by atoms with Crippen LogP contribution in [0.15, 0.2) is 102 Å². The van der Waals surface area contributed by atoms with E-state index in [1.165, 1.54) is 0 Å². The van der Waals surface area contributed by atoms with Crippen molar-refractivity contribution in [3.63, 3.8) is 0 Å². The molecule has 0 N–H and O–H groups in total. The number of hydrogen-bond acceptors (Lipinski definition) is 7. The Balaban J connectivity index is 0.000000259.